The summed E-state index contributed by atoms with van der Waals surface area (Å²) in [7, 11) is 1.55. The number of nitrogens with zero attached hydrogens (tertiary/aromatic N) is 1. The van der Waals surface area contributed by atoms with Crippen LogP contribution in [0, 0.1) is 6.92 Å². The number of nitrogens with one attached hydrogen (secondary N) is 1. The minimum Gasteiger partial charge on any atom is -0.506 e. The van der Waals surface area contributed by atoms with Gasteiger partial charge in [0, 0.05) is 21.2 Å². The largest absolute Gasteiger partial charge is 0.506 e. The summed E-state index contributed by atoms with van der Waals surface area (Å²) >= 11 is 6.56. The van der Waals surface area contributed by atoms with Crippen molar-refractivity contribution in [1.29, 1.82) is 0 Å². The minimum atomic E-state index is -0.355. The molecule has 0 saturated carbocycles. The molecule has 0 heterocycles. The van der Waals surface area contributed by atoms with Crippen molar-refractivity contribution >= 4 is 44.0 Å². The quantitative estimate of drug-likeness (QED) is 0.556. The van der Waals surface area contributed by atoms with Gasteiger partial charge in [-0.2, -0.15) is 5.10 Å². The van der Waals surface area contributed by atoms with Gasteiger partial charge in [-0.15, -0.1) is 0 Å². The zero-order chi connectivity index (χ0) is 17.0. The van der Waals surface area contributed by atoms with Crippen LogP contribution in [-0.2, 0) is 0 Å². The molecule has 0 atom stereocenters. The molecule has 0 aromatic heterocycles. The maximum absolute atomic E-state index is 12.2. The molecule has 0 aliphatic rings. The van der Waals surface area contributed by atoms with Gasteiger partial charge in [0.1, 0.15) is 11.5 Å². The predicted molar refractivity (Wildman–Crippen MR) is 96.3 cm³/mol. The van der Waals surface area contributed by atoms with Crippen molar-refractivity contribution < 1.29 is 14.6 Å². The van der Waals surface area contributed by atoms with Crippen molar-refractivity contribution in [2.45, 2.75) is 6.92 Å². The smallest absolute Gasteiger partial charge is 0.271 e. The van der Waals surface area contributed by atoms with Gasteiger partial charge < -0.3 is 9.84 Å². The molecule has 0 aliphatic heterocycles. The van der Waals surface area contributed by atoms with Crippen LogP contribution >= 0.6 is 31.9 Å². The second-order valence-electron chi connectivity index (χ2n) is 4.66. The van der Waals surface area contributed by atoms with Gasteiger partial charge in [-0.1, -0.05) is 22.0 Å². The van der Waals surface area contributed by atoms with E-state index in [1.807, 2.05) is 0 Å². The molecule has 23 heavy (non-hydrogen) atoms. The average molecular weight is 442 g/mol. The third-order valence-electron chi connectivity index (χ3n) is 3.18. The molecule has 2 aromatic rings. The Bertz CT molecular complexity index is 776. The fourth-order valence-electron chi connectivity index (χ4n) is 1.99. The highest BCUT2D eigenvalue weighted by Crippen LogP contribution is 2.30. The van der Waals surface area contributed by atoms with Crippen LogP contribution in [0.25, 0.3) is 0 Å². The summed E-state index contributed by atoms with van der Waals surface area (Å²) in [6.07, 6.45) is 1.37. The predicted octanol–water partition coefficient (Wildman–Crippen LogP) is 4.00. The van der Waals surface area contributed by atoms with E-state index in [0.29, 0.717) is 21.3 Å². The van der Waals surface area contributed by atoms with E-state index >= 15 is 0 Å². The van der Waals surface area contributed by atoms with Gasteiger partial charge in [0.25, 0.3) is 5.91 Å². The molecular formula is C16H14Br2N2O3. The van der Waals surface area contributed by atoms with Crippen LogP contribution in [0.2, 0.25) is 0 Å². The van der Waals surface area contributed by atoms with Crippen LogP contribution in [-0.4, -0.2) is 24.3 Å². The van der Waals surface area contributed by atoms with Gasteiger partial charge in [-0.3, -0.25) is 4.79 Å². The Kier molecular flexibility index (Phi) is 5.79. The number of rotatable bonds is 4. The van der Waals surface area contributed by atoms with Crippen molar-refractivity contribution in [2.75, 3.05) is 7.11 Å². The molecule has 2 aromatic carbocycles. The van der Waals surface area contributed by atoms with Crippen LogP contribution < -0.4 is 10.2 Å². The lowest BCUT2D eigenvalue weighted by atomic mass is 10.1. The van der Waals surface area contributed by atoms with E-state index in [1.54, 1.807) is 44.4 Å². The third-order valence-corrected chi connectivity index (χ3v) is 4.24. The summed E-state index contributed by atoms with van der Waals surface area (Å²) in [4.78, 5) is 12.2. The number of ether oxygens (including phenoxy) is 1. The summed E-state index contributed by atoms with van der Waals surface area (Å²) in [5, 5.41) is 13.8. The van der Waals surface area contributed by atoms with E-state index in [4.69, 9.17) is 4.74 Å². The zero-order valence-corrected chi connectivity index (χ0v) is 15.6. The SMILES string of the molecule is COc1cccc(C(=O)N/N=C/c2cc(Br)cc(Br)c2O)c1C. The van der Waals surface area contributed by atoms with Gasteiger partial charge in [0.2, 0.25) is 0 Å². The zero-order valence-electron chi connectivity index (χ0n) is 12.4. The molecule has 0 bridgehead atoms. The lowest BCUT2D eigenvalue weighted by molar-refractivity contribution is 0.0954. The molecule has 2 rings (SSSR count). The Morgan fingerprint density at radius 2 is 2.09 bits per heavy atom. The molecule has 1 amide bonds. The minimum absolute atomic E-state index is 0.0451. The molecule has 0 saturated heterocycles. The molecule has 5 nitrogen and oxygen atoms in total. The Morgan fingerprint density at radius 3 is 2.78 bits per heavy atom. The summed E-state index contributed by atoms with van der Waals surface area (Å²) in [6, 6.07) is 8.61. The molecule has 7 heteroatoms. The van der Waals surface area contributed by atoms with Gasteiger partial charge in [0.05, 0.1) is 17.8 Å². The number of phenolic OH excluding ortho intramolecular Hbond substituents is 1. The topological polar surface area (TPSA) is 70.9 Å². The number of carbonyl (C=O) groups is 1. The number of hydrogen-bond acceptors (Lipinski definition) is 4. The van der Waals surface area contributed by atoms with Crippen molar-refractivity contribution in [1.82, 2.24) is 5.43 Å². The van der Waals surface area contributed by atoms with E-state index in [2.05, 4.69) is 42.4 Å². The van der Waals surface area contributed by atoms with E-state index in [-0.39, 0.29) is 11.7 Å². The lowest BCUT2D eigenvalue weighted by Gasteiger charge is -2.08. The highest BCUT2D eigenvalue weighted by atomic mass is 79.9. The Labute approximate surface area is 150 Å². The molecule has 0 radical (unpaired) electrons. The molecular weight excluding hydrogens is 428 g/mol. The normalized spacial score (nSPS) is 10.8. The van der Waals surface area contributed by atoms with E-state index in [9.17, 15) is 9.90 Å². The number of hydrazone groups is 1. The van der Waals surface area contributed by atoms with Crippen LogP contribution in [0.15, 0.2) is 44.4 Å². The third kappa shape index (κ3) is 4.11. The van der Waals surface area contributed by atoms with Crippen LogP contribution in [0.4, 0.5) is 0 Å². The number of methoxy groups -OCH3 is 1. The van der Waals surface area contributed by atoms with E-state index in [0.717, 1.165) is 10.0 Å². The van der Waals surface area contributed by atoms with E-state index < -0.39 is 0 Å². The van der Waals surface area contributed by atoms with Crippen LogP contribution in [0.1, 0.15) is 21.5 Å². The standard InChI is InChI=1S/C16H14Br2N2O3/c1-9-12(4-3-5-14(9)23-2)16(22)20-19-8-10-6-11(17)7-13(18)15(10)21/h3-8,21H,1-2H3,(H,20,22)/b19-8+. The van der Waals surface area contributed by atoms with Gasteiger partial charge in [0.15, 0.2) is 0 Å². The van der Waals surface area contributed by atoms with Gasteiger partial charge in [-0.25, -0.2) is 5.43 Å². The first kappa shape index (κ1) is 17.5. The van der Waals surface area contributed by atoms with Gasteiger partial charge >= 0.3 is 0 Å². The first-order valence-corrected chi connectivity index (χ1v) is 8.17. The molecule has 0 fully saturated rings. The second kappa shape index (κ2) is 7.61. The Hall–Kier alpha value is -1.86. The highest BCUT2D eigenvalue weighted by Gasteiger charge is 2.11. The summed E-state index contributed by atoms with van der Waals surface area (Å²) in [5.74, 6) is 0.324. The van der Waals surface area contributed by atoms with E-state index in [1.165, 1.54) is 6.21 Å². The summed E-state index contributed by atoms with van der Waals surface area (Å²) in [6.45, 7) is 1.80. The molecule has 0 unspecified atom stereocenters. The maximum Gasteiger partial charge on any atom is 0.271 e. The second-order valence-corrected chi connectivity index (χ2v) is 6.43. The molecule has 0 aliphatic carbocycles. The average Bonchev–Trinajstić information content (AvgIpc) is 2.52. The maximum atomic E-state index is 12.2. The molecule has 2 N–H and O–H groups in total. The number of halogens is 2. The lowest BCUT2D eigenvalue weighted by Crippen LogP contribution is -2.19. The van der Waals surface area contributed by atoms with Crippen molar-refractivity contribution in [3.63, 3.8) is 0 Å². The fourth-order valence-corrected chi connectivity index (χ4v) is 3.24. The highest BCUT2D eigenvalue weighted by molar-refractivity contribution is 9.11. The monoisotopic (exact) mass is 440 g/mol. The first-order valence-electron chi connectivity index (χ1n) is 6.59. The Morgan fingerprint density at radius 1 is 1.35 bits per heavy atom. The number of aromatic hydroxyl groups is 1. The number of carbonyl (C=O) groups excluding carboxylic acids is 1. The van der Waals surface area contributed by atoms with Crippen LogP contribution in [0.3, 0.4) is 0 Å². The molecule has 120 valence electrons. The van der Waals surface area contributed by atoms with Crippen LogP contribution in [0.5, 0.6) is 11.5 Å². The summed E-state index contributed by atoms with van der Waals surface area (Å²) < 4.78 is 6.50. The van der Waals surface area contributed by atoms with Crippen molar-refractivity contribution in [2.24, 2.45) is 5.10 Å². The number of amides is 1. The fraction of sp³-hybridized carbons (Fsp3) is 0.125. The number of phenols is 1. The van der Waals surface area contributed by atoms with Crippen molar-refractivity contribution in [3.05, 3.63) is 56.0 Å². The molecule has 0 spiro atoms. The van der Waals surface area contributed by atoms with Crippen molar-refractivity contribution in [3.8, 4) is 11.5 Å². The number of benzene rings is 2. The van der Waals surface area contributed by atoms with Gasteiger partial charge in [-0.05, 0) is 47.1 Å². The summed E-state index contributed by atoms with van der Waals surface area (Å²) in [5.41, 5.74) is 4.11. The Balaban J connectivity index is 2.17. The number of hydrogen-bond donors (Lipinski definition) is 2. The first-order chi connectivity index (χ1) is 10.9.